The average molecular weight is 1450 g/mol. The molecule has 0 fully saturated rings. The normalized spacial score (nSPS) is 11.7. The molecule has 7 aromatic heterocycles. The molecule has 0 amide bonds. The number of hydrogen-bond donors (Lipinski definition) is 0. The van der Waals surface area contributed by atoms with Crippen molar-refractivity contribution >= 4 is 99.6 Å². The lowest BCUT2D eigenvalue weighted by molar-refractivity contribution is 0.224. The Morgan fingerprint density at radius 2 is 0.775 bits per heavy atom. The summed E-state index contributed by atoms with van der Waals surface area (Å²) in [6.07, 6.45) is 47.2. The zero-order valence-corrected chi connectivity index (χ0v) is 65.5. The lowest BCUT2D eigenvalue weighted by atomic mass is 9.94. The summed E-state index contributed by atoms with van der Waals surface area (Å²) in [6.45, 7) is 15.0. The monoisotopic (exact) mass is 1450 g/mol. The Labute approximate surface area is 630 Å². The van der Waals surface area contributed by atoms with Crippen molar-refractivity contribution in [1.29, 1.82) is 0 Å². The van der Waals surface area contributed by atoms with Crippen LogP contribution in [0.4, 0.5) is 0 Å². The van der Waals surface area contributed by atoms with Crippen LogP contribution in [0.25, 0.3) is 95.7 Å². The third-order valence-corrected chi connectivity index (χ3v) is 24.7. The largest absolute Gasteiger partial charge is 0.493 e. The fraction of sp³-hybridized carbons (Fsp3) is 0.467. The highest BCUT2D eigenvalue weighted by Gasteiger charge is 2.28. The summed E-state index contributed by atoms with van der Waals surface area (Å²) in [6, 6.07) is 34.1. The van der Waals surface area contributed by atoms with Gasteiger partial charge in [-0.1, -0.05) is 207 Å². The van der Waals surface area contributed by atoms with Crippen LogP contribution in [0, 0.1) is 97.4 Å². The molecule has 10 aromatic rings. The second kappa shape index (κ2) is 42.2. The van der Waals surface area contributed by atoms with Gasteiger partial charge in [-0.2, -0.15) is 8.75 Å². The SMILES string of the molecule is C#CC#CC#CC#CC#CC#Cn1c2cc(C)sc2c2sc(-c3ccc(-c4c5nsnc5c(-c5ccc(C)s5)c5nc(-c6ccc(OCC(CCCCCCCC)CCCCCCCCCC)cc6)c(-c6ccc(OCC(CCCCCCCC)CCCCCCCCCC)cc6)nc45)s3)cc21. The van der Waals surface area contributed by atoms with E-state index in [9.17, 15) is 0 Å². The van der Waals surface area contributed by atoms with Crippen LogP contribution in [0.3, 0.4) is 0 Å². The highest BCUT2D eigenvalue weighted by atomic mass is 32.1. The molecule has 2 unspecified atom stereocenters. The topological polar surface area (TPSA) is 75.0 Å². The standard InChI is InChI=1S/C90H103N5O2S5/c1-8-13-18-23-28-31-32-35-40-45-62-95-75-63-68(7)99-89(75)90-76(95)64-80(101-90)77-60-61-79(100-77)82-86-85(81(78-59-50-67(6)98-78)87-88(82)94-102-93-87)91-83(71-51-55-73(56-52-71)96-65-69(46-41-36-26-21-16-11-4)48-43-38-33-29-24-19-14-9-2)84(92-86)72-53-57-74(58-54-72)97-66-70(47-42-37-27-22-17-12-5)49-44-39-34-30-25-20-15-10-3/h1,50-61,63-64,69-70H,9-12,14-17,19-22,24-27,29-30,33-34,36-39,41-44,46-49,65-66H2,2-7H3. The number of terminal acetylenes is 1. The quantitative estimate of drug-likeness (QED) is 0.0280. The second-order valence-corrected chi connectivity index (χ2v) is 32.8. The van der Waals surface area contributed by atoms with E-state index in [0.717, 1.165) is 111 Å². The van der Waals surface area contributed by atoms with Crippen molar-refractivity contribution in [1.82, 2.24) is 23.3 Å². The first-order chi connectivity index (χ1) is 50.3. The fourth-order valence-electron chi connectivity index (χ4n) is 13.8. The molecule has 10 rings (SSSR count). The number of thiophene rings is 4. The summed E-state index contributed by atoms with van der Waals surface area (Å²) in [4.78, 5) is 18.7. The molecule has 7 nitrogen and oxygen atoms in total. The maximum atomic E-state index is 6.83. The highest BCUT2D eigenvalue weighted by Crippen LogP contribution is 2.50. The molecule has 3 aromatic carbocycles. The zero-order valence-electron chi connectivity index (χ0n) is 61.5. The minimum Gasteiger partial charge on any atom is -0.493 e. The molecule has 0 aliphatic carbocycles. The number of aromatic nitrogens is 5. The Morgan fingerprint density at radius 1 is 0.382 bits per heavy atom. The van der Waals surface area contributed by atoms with Crippen LogP contribution >= 0.6 is 57.1 Å². The Hall–Kier alpha value is -7.62. The van der Waals surface area contributed by atoms with Crippen LogP contribution < -0.4 is 9.47 Å². The molecule has 0 saturated carbocycles. The Bertz CT molecular complexity index is 4660. The van der Waals surface area contributed by atoms with E-state index in [1.54, 1.807) is 45.3 Å². The number of fused-ring (bicyclic) bond motifs is 5. The molecule has 7 heterocycles. The van der Waals surface area contributed by atoms with Gasteiger partial charge in [-0.05, 0) is 166 Å². The van der Waals surface area contributed by atoms with Gasteiger partial charge in [0.25, 0.3) is 0 Å². The second-order valence-electron chi connectivity index (χ2n) is 27.6. The van der Waals surface area contributed by atoms with Crippen molar-refractivity contribution in [3.05, 3.63) is 94.7 Å². The lowest BCUT2D eigenvalue weighted by Crippen LogP contribution is -2.12. The van der Waals surface area contributed by atoms with Crippen LogP contribution in [0.5, 0.6) is 11.5 Å². The van der Waals surface area contributed by atoms with Crippen LogP contribution in [0.15, 0.2) is 84.9 Å². The maximum absolute atomic E-state index is 6.83. The highest BCUT2D eigenvalue weighted by molar-refractivity contribution is 7.31. The smallest absolute Gasteiger partial charge is 0.119 e. The van der Waals surface area contributed by atoms with Gasteiger partial charge in [-0.15, -0.1) is 51.8 Å². The summed E-state index contributed by atoms with van der Waals surface area (Å²) < 4.78 is 28.4. The van der Waals surface area contributed by atoms with Gasteiger partial charge in [0.15, 0.2) is 0 Å². The van der Waals surface area contributed by atoms with Crippen molar-refractivity contribution in [3.8, 4) is 136 Å². The number of rotatable bonds is 43. The van der Waals surface area contributed by atoms with Gasteiger partial charge in [0, 0.05) is 87.2 Å². The Kier molecular flexibility index (Phi) is 31.9. The van der Waals surface area contributed by atoms with E-state index in [-0.39, 0.29) is 0 Å². The van der Waals surface area contributed by atoms with Gasteiger partial charge >= 0.3 is 0 Å². The van der Waals surface area contributed by atoms with Crippen LogP contribution in [-0.2, 0) is 0 Å². The van der Waals surface area contributed by atoms with E-state index in [2.05, 4.69) is 196 Å². The number of unbranched alkanes of at least 4 members (excludes halogenated alkanes) is 24. The van der Waals surface area contributed by atoms with Crippen molar-refractivity contribution in [2.75, 3.05) is 13.2 Å². The molecular formula is C90H103N5O2S5. The number of aryl methyl sites for hydroxylation is 2. The lowest BCUT2D eigenvalue weighted by Gasteiger charge is -2.19. The third-order valence-electron chi connectivity index (χ3n) is 19.5. The van der Waals surface area contributed by atoms with Gasteiger partial charge in [0.1, 0.15) is 33.6 Å². The number of benzene rings is 3. The summed E-state index contributed by atoms with van der Waals surface area (Å²) >= 11 is 8.33. The van der Waals surface area contributed by atoms with Crippen molar-refractivity contribution in [2.24, 2.45) is 11.8 Å². The molecule has 530 valence electrons. The summed E-state index contributed by atoms with van der Waals surface area (Å²) in [5, 5.41) is 0. The van der Waals surface area contributed by atoms with E-state index < -0.39 is 0 Å². The van der Waals surface area contributed by atoms with Crippen molar-refractivity contribution in [2.45, 2.75) is 247 Å². The molecular weight excluding hydrogens is 1340 g/mol. The van der Waals surface area contributed by atoms with Gasteiger partial charge < -0.3 is 9.47 Å². The van der Waals surface area contributed by atoms with Gasteiger partial charge in [0.05, 0.1) is 56.8 Å². The van der Waals surface area contributed by atoms with E-state index in [4.69, 9.17) is 34.6 Å². The summed E-state index contributed by atoms with van der Waals surface area (Å²) in [5.41, 5.74) is 10.8. The van der Waals surface area contributed by atoms with E-state index >= 15 is 0 Å². The fourth-order valence-corrected chi connectivity index (χ4v) is 18.7. The third kappa shape index (κ3) is 22.2. The number of ether oxygens (including phenoxy) is 2. The predicted molar refractivity (Wildman–Crippen MR) is 443 cm³/mol. The summed E-state index contributed by atoms with van der Waals surface area (Å²) in [7, 11) is 0. The Balaban J connectivity index is 1.00. The molecule has 12 heteroatoms. The molecule has 0 spiro atoms. The molecule has 2 atom stereocenters. The van der Waals surface area contributed by atoms with E-state index in [1.807, 2.05) is 0 Å². The Morgan fingerprint density at radius 3 is 1.22 bits per heavy atom. The van der Waals surface area contributed by atoms with Crippen molar-refractivity contribution < 1.29 is 9.47 Å². The molecule has 0 N–H and O–H groups in total. The number of nitrogens with zero attached hydrogens (tertiary/aromatic N) is 5. The summed E-state index contributed by atoms with van der Waals surface area (Å²) in [5.74, 6) is 29.5. The van der Waals surface area contributed by atoms with Gasteiger partial charge in [-0.3, -0.25) is 4.57 Å². The predicted octanol–water partition coefficient (Wildman–Crippen LogP) is 26.9. The first kappa shape index (κ1) is 77.0. The van der Waals surface area contributed by atoms with E-state index in [1.165, 1.54) is 236 Å². The molecule has 0 aliphatic heterocycles. The molecule has 0 radical (unpaired) electrons. The first-order valence-electron chi connectivity index (χ1n) is 38.4. The van der Waals surface area contributed by atoms with Crippen LogP contribution in [-0.4, -0.2) is 36.5 Å². The van der Waals surface area contributed by atoms with Gasteiger partial charge in [0.2, 0.25) is 0 Å². The molecule has 0 saturated heterocycles. The average Bonchev–Trinajstić information content (AvgIpc) is 1.42. The van der Waals surface area contributed by atoms with Crippen molar-refractivity contribution in [3.63, 3.8) is 0 Å². The molecule has 0 bridgehead atoms. The van der Waals surface area contributed by atoms with Crippen LogP contribution in [0.2, 0.25) is 0 Å². The van der Waals surface area contributed by atoms with Gasteiger partial charge in [-0.25, -0.2) is 9.97 Å². The molecule has 0 aliphatic rings. The minimum atomic E-state index is 0.537. The molecule has 102 heavy (non-hydrogen) atoms. The maximum Gasteiger partial charge on any atom is 0.119 e. The van der Waals surface area contributed by atoms with E-state index in [0.29, 0.717) is 11.8 Å². The first-order valence-corrected chi connectivity index (χ1v) is 42.4. The zero-order chi connectivity index (χ0) is 70.9. The van der Waals surface area contributed by atoms with Crippen LogP contribution in [0.1, 0.15) is 243 Å². The number of hydrogen-bond acceptors (Lipinski definition) is 11. The minimum absolute atomic E-state index is 0.537.